The molecule has 152 valence electrons. The Morgan fingerprint density at radius 2 is 2.00 bits per heavy atom. The first-order valence-corrected chi connectivity index (χ1v) is 8.56. The normalized spacial score (nSPS) is 18.1. The van der Waals surface area contributed by atoms with Gasteiger partial charge in [0.25, 0.3) is 0 Å². The first-order chi connectivity index (χ1) is 12.6. The molecule has 0 bridgehead atoms. The highest BCUT2D eigenvalue weighted by Crippen LogP contribution is 2.40. The summed E-state index contributed by atoms with van der Waals surface area (Å²) in [5.41, 5.74) is -3.39. The van der Waals surface area contributed by atoms with Crippen LogP contribution in [0.15, 0.2) is 12.4 Å². The average molecular weight is 392 g/mol. The van der Waals surface area contributed by atoms with Gasteiger partial charge in [0.05, 0.1) is 13.0 Å². The molecule has 0 spiro atoms. The summed E-state index contributed by atoms with van der Waals surface area (Å²) in [5.74, 6) is -1.59. The number of alkyl halides is 3. The standard InChI is InChI=1S/C16H23F3N4O4/c1-3-27-14(25)23-7-4-11(5-8-23)21-12(24)10-15(26,16(17,18)19)13-20-6-9-22(13)2/h6,9,11,26H,3-5,7-8,10H2,1-2H3,(H,21,24)/t15-/m0/s1. The van der Waals surface area contributed by atoms with Crippen molar-refractivity contribution in [2.45, 2.75) is 44.0 Å². The number of nitrogens with one attached hydrogen (secondary N) is 1. The smallest absolute Gasteiger partial charge is 0.425 e. The number of hydrogen-bond acceptors (Lipinski definition) is 5. The maximum absolute atomic E-state index is 13.5. The quantitative estimate of drug-likeness (QED) is 0.787. The van der Waals surface area contributed by atoms with Crippen LogP contribution in [0.2, 0.25) is 0 Å². The molecule has 0 aromatic carbocycles. The van der Waals surface area contributed by atoms with E-state index in [0.717, 1.165) is 10.8 Å². The van der Waals surface area contributed by atoms with Crippen LogP contribution < -0.4 is 5.32 Å². The Bertz CT molecular complexity index is 671. The minimum absolute atomic E-state index is 0.249. The third kappa shape index (κ3) is 4.71. The molecule has 1 aliphatic rings. The summed E-state index contributed by atoms with van der Waals surface area (Å²) >= 11 is 0. The molecule has 0 saturated carbocycles. The molecule has 0 unspecified atom stereocenters. The molecule has 0 radical (unpaired) electrons. The van der Waals surface area contributed by atoms with Crippen molar-refractivity contribution in [2.24, 2.45) is 7.05 Å². The summed E-state index contributed by atoms with van der Waals surface area (Å²) in [4.78, 5) is 28.9. The number of amides is 2. The Labute approximate surface area is 154 Å². The number of carbonyl (C=O) groups excluding carboxylic acids is 2. The molecule has 27 heavy (non-hydrogen) atoms. The molecule has 11 heteroatoms. The lowest BCUT2D eigenvalue weighted by Crippen LogP contribution is -2.51. The van der Waals surface area contributed by atoms with Crippen molar-refractivity contribution >= 4 is 12.0 Å². The van der Waals surface area contributed by atoms with Crippen molar-refractivity contribution in [1.82, 2.24) is 19.8 Å². The van der Waals surface area contributed by atoms with Gasteiger partial charge >= 0.3 is 12.3 Å². The van der Waals surface area contributed by atoms with Crippen molar-refractivity contribution < 1.29 is 32.6 Å². The maximum Gasteiger partial charge on any atom is 0.425 e. The predicted molar refractivity (Wildman–Crippen MR) is 87.5 cm³/mol. The Hall–Kier alpha value is -2.30. The minimum Gasteiger partial charge on any atom is -0.450 e. The number of carbonyl (C=O) groups is 2. The molecule has 1 atom stereocenters. The molecular formula is C16H23F3N4O4. The highest BCUT2D eigenvalue weighted by atomic mass is 19.4. The van der Waals surface area contributed by atoms with Gasteiger partial charge in [0, 0.05) is 38.6 Å². The molecule has 1 aromatic rings. The van der Waals surface area contributed by atoms with E-state index in [9.17, 15) is 27.9 Å². The van der Waals surface area contributed by atoms with Crippen molar-refractivity contribution in [3.8, 4) is 0 Å². The summed E-state index contributed by atoms with van der Waals surface area (Å²) in [6, 6.07) is -0.387. The van der Waals surface area contributed by atoms with Crippen LogP contribution in [0, 0.1) is 0 Å². The summed E-state index contributed by atoms with van der Waals surface area (Å²) in [6.45, 7) is 2.59. The van der Waals surface area contributed by atoms with Gasteiger partial charge < -0.3 is 24.6 Å². The van der Waals surface area contributed by atoms with Gasteiger partial charge in [0.2, 0.25) is 11.5 Å². The predicted octanol–water partition coefficient (Wildman–Crippen LogP) is 1.30. The SMILES string of the molecule is CCOC(=O)N1CCC(NC(=O)C[C@](O)(c2nccn2C)C(F)(F)F)CC1. The monoisotopic (exact) mass is 392 g/mol. The van der Waals surface area contributed by atoms with Crippen molar-refractivity contribution in [3.05, 3.63) is 18.2 Å². The van der Waals surface area contributed by atoms with E-state index in [-0.39, 0.29) is 12.6 Å². The maximum atomic E-state index is 13.5. The largest absolute Gasteiger partial charge is 0.450 e. The molecule has 1 saturated heterocycles. The van der Waals surface area contributed by atoms with E-state index in [1.54, 1.807) is 6.92 Å². The fourth-order valence-corrected chi connectivity index (χ4v) is 3.00. The summed E-state index contributed by atoms with van der Waals surface area (Å²) in [7, 11) is 1.31. The zero-order valence-corrected chi connectivity index (χ0v) is 15.1. The van der Waals surface area contributed by atoms with Gasteiger partial charge in [-0.25, -0.2) is 9.78 Å². The van der Waals surface area contributed by atoms with Crippen LogP contribution in [0.25, 0.3) is 0 Å². The van der Waals surface area contributed by atoms with E-state index in [0.29, 0.717) is 25.9 Å². The van der Waals surface area contributed by atoms with Crippen molar-refractivity contribution in [1.29, 1.82) is 0 Å². The molecule has 1 aromatic heterocycles. The molecule has 1 aliphatic heterocycles. The lowest BCUT2D eigenvalue weighted by molar-refractivity contribution is -0.271. The van der Waals surface area contributed by atoms with Crippen LogP contribution in [-0.2, 0) is 22.2 Å². The van der Waals surface area contributed by atoms with Gasteiger partial charge in [-0.05, 0) is 19.8 Å². The molecule has 8 nitrogen and oxygen atoms in total. The number of piperidine rings is 1. The molecule has 2 N–H and O–H groups in total. The van der Waals surface area contributed by atoms with Crippen molar-refractivity contribution in [2.75, 3.05) is 19.7 Å². The zero-order valence-electron chi connectivity index (χ0n) is 15.1. The Morgan fingerprint density at radius 3 is 2.48 bits per heavy atom. The molecule has 2 rings (SSSR count). The van der Waals surface area contributed by atoms with Gasteiger partial charge in [0.15, 0.2) is 5.82 Å². The van der Waals surface area contributed by atoms with E-state index in [4.69, 9.17) is 4.74 Å². The van der Waals surface area contributed by atoms with Crippen LogP contribution in [0.5, 0.6) is 0 Å². The number of likely N-dealkylation sites (tertiary alicyclic amines) is 1. The number of nitrogens with zero attached hydrogens (tertiary/aromatic N) is 3. The van der Waals surface area contributed by atoms with Gasteiger partial charge in [-0.3, -0.25) is 4.79 Å². The molecule has 1 fully saturated rings. The van der Waals surface area contributed by atoms with Crippen LogP contribution >= 0.6 is 0 Å². The molecule has 0 aliphatic carbocycles. The fraction of sp³-hybridized carbons (Fsp3) is 0.688. The van der Waals surface area contributed by atoms with Crippen LogP contribution in [0.4, 0.5) is 18.0 Å². The zero-order chi connectivity index (χ0) is 20.2. The van der Waals surface area contributed by atoms with Gasteiger partial charge in [-0.15, -0.1) is 0 Å². The Kier molecular flexibility index (Phi) is 6.34. The number of aliphatic hydroxyl groups is 1. The fourth-order valence-electron chi connectivity index (χ4n) is 3.00. The number of ether oxygens (including phenoxy) is 1. The summed E-state index contributed by atoms with van der Waals surface area (Å²) in [5, 5.41) is 12.7. The van der Waals surface area contributed by atoms with Gasteiger partial charge in [-0.2, -0.15) is 13.2 Å². The first-order valence-electron chi connectivity index (χ1n) is 8.56. The van der Waals surface area contributed by atoms with E-state index in [2.05, 4.69) is 10.3 Å². The van der Waals surface area contributed by atoms with Crippen LogP contribution in [0.3, 0.4) is 0 Å². The lowest BCUT2D eigenvalue weighted by atomic mass is 9.96. The van der Waals surface area contributed by atoms with Gasteiger partial charge in [0.1, 0.15) is 0 Å². The Morgan fingerprint density at radius 1 is 1.37 bits per heavy atom. The number of aromatic nitrogens is 2. The number of imidazole rings is 1. The second kappa shape index (κ2) is 8.15. The van der Waals surface area contributed by atoms with Crippen molar-refractivity contribution in [3.63, 3.8) is 0 Å². The van der Waals surface area contributed by atoms with Crippen LogP contribution in [-0.4, -0.2) is 63.5 Å². The lowest BCUT2D eigenvalue weighted by Gasteiger charge is -2.33. The number of aryl methyl sites for hydroxylation is 1. The highest BCUT2D eigenvalue weighted by Gasteiger charge is 2.58. The second-order valence-corrected chi connectivity index (χ2v) is 6.42. The second-order valence-electron chi connectivity index (χ2n) is 6.42. The van der Waals surface area contributed by atoms with E-state index < -0.39 is 36.0 Å². The third-order valence-corrected chi connectivity index (χ3v) is 4.46. The first kappa shape index (κ1) is 21.0. The highest BCUT2D eigenvalue weighted by molar-refractivity contribution is 5.77. The summed E-state index contributed by atoms with van der Waals surface area (Å²) < 4.78 is 46.3. The molecule has 2 heterocycles. The molecule has 2 amide bonds. The molecular weight excluding hydrogens is 369 g/mol. The van der Waals surface area contributed by atoms with Crippen LogP contribution in [0.1, 0.15) is 32.0 Å². The average Bonchev–Trinajstić information content (AvgIpc) is 3.01. The van der Waals surface area contributed by atoms with E-state index in [1.807, 2.05) is 0 Å². The number of rotatable bonds is 5. The van der Waals surface area contributed by atoms with E-state index >= 15 is 0 Å². The number of halogens is 3. The van der Waals surface area contributed by atoms with Gasteiger partial charge in [-0.1, -0.05) is 0 Å². The minimum atomic E-state index is -5.07. The topological polar surface area (TPSA) is 96.7 Å². The Balaban J connectivity index is 1.98. The third-order valence-electron chi connectivity index (χ3n) is 4.46. The summed E-state index contributed by atoms with van der Waals surface area (Å²) in [6.07, 6.45) is -3.57. The van der Waals surface area contributed by atoms with E-state index in [1.165, 1.54) is 18.1 Å². The number of hydrogen-bond donors (Lipinski definition) is 2.